The van der Waals surface area contributed by atoms with Crippen LogP contribution in [0.3, 0.4) is 0 Å². The van der Waals surface area contributed by atoms with E-state index in [4.69, 9.17) is 10.00 Å². The zero-order valence-corrected chi connectivity index (χ0v) is 10.8. The molecule has 0 saturated carbocycles. The fourth-order valence-electron chi connectivity index (χ4n) is 1.77. The Morgan fingerprint density at radius 3 is 2.70 bits per heavy atom. The Balaban J connectivity index is 2.21. The van der Waals surface area contributed by atoms with Crippen molar-refractivity contribution in [2.24, 2.45) is 0 Å². The van der Waals surface area contributed by atoms with Crippen molar-refractivity contribution in [2.75, 3.05) is 12.4 Å². The molecule has 0 heterocycles. The Labute approximate surface area is 115 Å². The third-order valence-corrected chi connectivity index (χ3v) is 2.83. The van der Waals surface area contributed by atoms with Crippen LogP contribution in [-0.4, -0.2) is 7.11 Å². The van der Waals surface area contributed by atoms with E-state index in [9.17, 15) is 8.78 Å². The molecule has 1 N–H and O–H groups in total. The second-order valence-corrected chi connectivity index (χ2v) is 4.11. The lowest BCUT2D eigenvalue weighted by Gasteiger charge is -2.10. The highest BCUT2D eigenvalue weighted by Crippen LogP contribution is 2.22. The number of nitrogens with zero attached hydrogens (tertiary/aromatic N) is 1. The number of hydrogen-bond donors (Lipinski definition) is 1. The molecule has 20 heavy (non-hydrogen) atoms. The van der Waals surface area contributed by atoms with Crippen LogP contribution in [0.15, 0.2) is 36.4 Å². The number of anilines is 1. The number of benzene rings is 2. The average molecular weight is 274 g/mol. The van der Waals surface area contributed by atoms with Crippen LogP contribution >= 0.6 is 0 Å². The summed E-state index contributed by atoms with van der Waals surface area (Å²) in [7, 11) is 1.48. The first-order valence-electron chi connectivity index (χ1n) is 5.90. The first-order chi connectivity index (χ1) is 9.63. The number of nitrogens with one attached hydrogen (secondary N) is 1. The Morgan fingerprint density at radius 1 is 1.20 bits per heavy atom. The van der Waals surface area contributed by atoms with Crippen LogP contribution in [0, 0.1) is 23.0 Å². The molecule has 0 unspecified atom stereocenters. The molecule has 102 valence electrons. The van der Waals surface area contributed by atoms with E-state index in [0.717, 1.165) is 0 Å². The third-order valence-electron chi connectivity index (χ3n) is 2.83. The monoisotopic (exact) mass is 274 g/mol. The Bertz CT molecular complexity index is 665. The average Bonchev–Trinajstić information content (AvgIpc) is 2.46. The van der Waals surface area contributed by atoms with E-state index in [2.05, 4.69) is 5.32 Å². The molecule has 5 heteroatoms. The van der Waals surface area contributed by atoms with E-state index in [-0.39, 0.29) is 12.2 Å². The summed E-state index contributed by atoms with van der Waals surface area (Å²) in [5.41, 5.74) is 1.05. The van der Waals surface area contributed by atoms with E-state index >= 15 is 0 Å². The molecule has 2 aromatic carbocycles. The van der Waals surface area contributed by atoms with Crippen LogP contribution in [0.2, 0.25) is 0 Å². The lowest BCUT2D eigenvalue weighted by molar-refractivity contribution is 0.414. The van der Waals surface area contributed by atoms with Crippen LogP contribution in [0.25, 0.3) is 0 Å². The number of ether oxygens (including phenoxy) is 1. The van der Waals surface area contributed by atoms with E-state index in [1.54, 1.807) is 0 Å². The maximum atomic E-state index is 13.6. The number of hydrogen-bond acceptors (Lipinski definition) is 3. The Hall–Kier alpha value is -2.61. The van der Waals surface area contributed by atoms with Crippen LogP contribution in [-0.2, 0) is 6.54 Å². The maximum Gasteiger partial charge on any atom is 0.146 e. The fraction of sp³-hybridized carbons (Fsp3) is 0.133. The first-order valence-corrected chi connectivity index (χ1v) is 5.90. The van der Waals surface area contributed by atoms with Gasteiger partial charge in [0.1, 0.15) is 17.4 Å². The van der Waals surface area contributed by atoms with Crippen molar-refractivity contribution in [1.29, 1.82) is 5.26 Å². The van der Waals surface area contributed by atoms with Crippen molar-refractivity contribution in [2.45, 2.75) is 6.54 Å². The van der Waals surface area contributed by atoms with Crippen LogP contribution < -0.4 is 10.1 Å². The summed E-state index contributed by atoms with van der Waals surface area (Å²) in [5, 5.41) is 11.8. The lowest BCUT2D eigenvalue weighted by atomic mass is 10.1. The SMILES string of the molecule is COc1ccc(F)c(NCc2cc(F)ccc2C#N)c1. The highest BCUT2D eigenvalue weighted by Gasteiger charge is 2.07. The second kappa shape index (κ2) is 6.02. The molecule has 0 aliphatic carbocycles. The van der Waals surface area contributed by atoms with Crippen molar-refractivity contribution in [1.82, 2.24) is 0 Å². The standard InChI is InChI=1S/C15H12F2N2O/c1-20-13-4-5-14(17)15(7-13)19-9-11-6-12(16)3-2-10(11)8-18/h2-7,19H,9H2,1H3. The number of rotatable bonds is 4. The van der Waals surface area contributed by atoms with Crippen LogP contribution in [0.5, 0.6) is 5.75 Å². The molecule has 0 atom stereocenters. The van der Waals surface area contributed by atoms with Gasteiger partial charge < -0.3 is 10.1 Å². The topological polar surface area (TPSA) is 45.0 Å². The van der Waals surface area contributed by atoms with Crippen LogP contribution in [0.4, 0.5) is 14.5 Å². The van der Waals surface area contributed by atoms with Gasteiger partial charge in [0.2, 0.25) is 0 Å². The van der Waals surface area contributed by atoms with E-state index < -0.39 is 11.6 Å². The van der Waals surface area contributed by atoms with E-state index in [0.29, 0.717) is 16.9 Å². The summed E-state index contributed by atoms with van der Waals surface area (Å²) in [6.07, 6.45) is 0. The molecular formula is C15H12F2N2O. The van der Waals surface area contributed by atoms with Gasteiger partial charge >= 0.3 is 0 Å². The third kappa shape index (κ3) is 3.04. The summed E-state index contributed by atoms with van der Waals surface area (Å²) >= 11 is 0. The van der Waals surface area contributed by atoms with Gasteiger partial charge in [-0.25, -0.2) is 8.78 Å². The minimum atomic E-state index is -0.444. The van der Waals surface area contributed by atoms with Crippen molar-refractivity contribution in [3.63, 3.8) is 0 Å². The van der Waals surface area contributed by atoms with Gasteiger partial charge in [-0.05, 0) is 35.9 Å². The van der Waals surface area contributed by atoms with Gasteiger partial charge in [-0.15, -0.1) is 0 Å². The molecule has 2 aromatic rings. The summed E-state index contributed by atoms with van der Waals surface area (Å²) in [4.78, 5) is 0. The molecule has 2 rings (SSSR count). The lowest BCUT2D eigenvalue weighted by Crippen LogP contribution is -2.04. The number of nitriles is 1. The van der Waals surface area contributed by atoms with Gasteiger partial charge in [0, 0.05) is 12.6 Å². The van der Waals surface area contributed by atoms with Gasteiger partial charge in [0.05, 0.1) is 24.4 Å². The molecule has 0 radical (unpaired) electrons. The molecule has 0 spiro atoms. The van der Waals surface area contributed by atoms with Gasteiger partial charge in [-0.3, -0.25) is 0 Å². The molecule has 0 aliphatic heterocycles. The number of halogens is 2. The largest absolute Gasteiger partial charge is 0.497 e. The molecular weight excluding hydrogens is 262 g/mol. The summed E-state index contributed by atoms with van der Waals surface area (Å²) in [6, 6.07) is 10.1. The highest BCUT2D eigenvalue weighted by atomic mass is 19.1. The van der Waals surface area contributed by atoms with Gasteiger partial charge in [0.15, 0.2) is 0 Å². The molecule has 3 nitrogen and oxygen atoms in total. The first kappa shape index (κ1) is 13.8. The maximum absolute atomic E-state index is 13.6. The summed E-state index contributed by atoms with van der Waals surface area (Å²) < 4.78 is 31.8. The fourth-order valence-corrected chi connectivity index (χ4v) is 1.77. The highest BCUT2D eigenvalue weighted by molar-refractivity contribution is 5.51. The van der Waals surface area contributed by atoms with Crippen LogP contribution in [0.1, 0.15) is 11.1 Å². The van der Waals surface area contributed by atoms with Gasteiger partial charge in [0.25, 0.3) is 0 Å². The normalized spacial score (nSPS) is 9.90. The minimum absolute atomic E-state index is 0.144. The van der Waals surface area contributed by atoms with Crippen molar-refractivity contribution in [3.8, 4) is 11.8 Å². The molecule has 0 amide bonds. The second-order valence-electron chi connectivity index (χ2n) is 4.11. The van der Waals surface area contributed by atoms with Gasteiger partial charge in [-0.2, -0.15) is 5.26 Å². The summed E-state index contributed by atoms with van der Waals surface area (Å²) in [5.74, 6) is -0.374. The predicted molar refractivity (Wildman–Crippen MR) is 71.4 cm³/mol. The molecule has 0 saturated heterocycles. The van der Waals surface area contributed by atoms with Gasteiger partial charge in [-0.1, -0.05) is 0 Å². The van der Waals surface area contributed by atoms with E-state index in [1.807, 2.05) is 6.07 Å². The molecule has 0 aliphatic rings. The molecule has 0 fully saturated rings. The number of methoxy groups -OCH3 is 1. The molecule has 0 aromatic heterocycles. The predicted octanol–water partition coefficient (Wildman–Crippen LogP) is 3.46. The summed E-state index contributed by atoms with van der Waals surface area (Å²) in [6.45, 7) is 0.144. The Morgan fingerprint density at radius 2 is 2.00 bits per heavy atom. The van der Waals surface area contributed by atoms with Crippen molar-refractivity contribution in [3.05, 3.63) is 59.2 Å². The zero-order chi connectivity index (χ0) is 14.5. The quantitative estimate of drug-likeness (QED) is 0.928. The van der Waals surface area contributed by atoms with E-state index in [1.165, 1.54) is 43.5 Å². The molecule has 0 bridgehead atoms. The smallest absolute Gasteiger partial charge is 0.146 e. The van der Waals surface area contributed by atoms with Crippen molar-refractivity contribution >= 4 is 5.69 Å². The van der Waals surface area contributed by atoms with Crippen molar-refractivity contribution < 1.29 is 13.5 Å². The zero-order valence-electron chi connectivity index (χ0n) is 10.8. The Kier molecular flexibility index (Phi) is 4.16. The minimum Gasteiger partial charge on any atom is -0.497 e.